The maximum Gasteiger partial charge on any atom is 0.106 e. The smallest absolute Gasteiger partial charge is 0.106 e. The molecule has 0 aliphatic carbocycles. The third-order valence-electron chi connectivity index (χ3n) is 4.26. The summed E-state index contributed by atoms with van der Waals surface area (Å²) in [4.78, 5) is 12.2. The molecular formula is C20H25N3OS. The van der Waals surface area contributed by atoms with Crippen LogP contribution < -0.4 is 4.90 Å². The predicted molar refractivity (Wildman–Crippen MR) is 106 cm³/mol. The van der Waals surface area contributed by atoms with Crippen molar-refractivity contribution < 1.29 is 4.84 Å². The maximum absolute atomic E-state index is 4.94. The number of nitrogens with zero attached hydrogens (tertiary/aromatic N) is 3. The second-order valence-electron chi connectivity index (χ2n) is 6.42. The molecule has 2 aromatic rings. The van der Waals surface area contributed by atoms with Gasteiger partial charge in [-0.2, -0.15) is 0 Å². The number of fused-ring (bicyclic) bond motifs is 2. The molecule has 2 aromatic carbocycles. The lowest BCUT2D eigenvalue weighted by atomic mass is 10.1. The average Bonchev–Trinajstić information content (AvgIpc) is 2.60. The fraction of sp³-hybridized carbons (Fsp3) is 0.350. The van der Waals surface area contributed by atoms with Gasteiger partial charge in [0.25, 0.3) is 0 Å². The van der Waals surface area contributed by atoms with Gasteiger partial charge in [-0.3, -0.25) is 0 Å². The zero-order chi connectivity index (χ0) is 17.8. The fourth-order valence-corrected chi connectivity index (χ4v) is 4.11. The van der Waals surface area contributed by atoms with Crippen molar-refractivity contribution in [2.75, 3.05) is 39.2 Å². The van der Waals surface area contributed by atoms with Crippen molar-refractivity contribution >= 4 is 28.8 Å². The first kappa shape index (κ1) is 17.8. The van der Waals surface area contributed by atoms with Crippen LogP contribution in [0.5, 0.6) is 0 Å². The molecule has 0 bridgehead atoms. The van der Waals surface area contributed by atoms with Gasteiger partial charge >= 0.3 is 0 Å². The van der Waals surface area contributed by atoms with Gasteiger partial charge in [-0.05, 0) is 58.3 Å². The molecule has 0 N–H and O–H groups in total. The number of hydrogen-bond acceptors (Lipinski definition) is 5. The third kappa shape index (κ3) is 3.99. The van der Waals surface area contributed by atoms with Gasteiger partial charge in [0.2, 0.25) is 0 Å². The van der Waals surface area contributed by atoms with Crippen molar-refractivity contribution in [1.82, 2.24) is 4.90 Å². The molecule has 4 nitrogen and oxygen atoms in total. The highest BCUT2D eigenvalue weighted by atomic mass is 32.2. The van der Waals surface area contributed by atoms with Crippen LogP contribution in [0, 0.1) is 0 Å². The molecule has 0 unspecified atom stereocenters. The highest BCUT2D eigenvalue weighted by Crippen LogP contribution is 2.48. The number of hydrogen-bond donors (Lipinski definition) is 0. The summed E-state index contributed by atoms with van der Waals surface area (Å²) in [6.45, 7) is 4.04. The molecule has 3 rings (SSSR count). The molecule has 0 atom stereocenters. The molecule has 5 heteroatoms. The molecule has 0 radical (unpaired) electrons. The van der Waals surface area contributed by atoms with Crippen molar-refractivity contribution in [2.24, 2.45) is 5.16 Å². The molecule has 1 aliphatic heterocycles. The first-order valence-corrected chi connectivity index (χ1v) is 9.33. The van der Waals surface area contributed by atoms with Gasteiger partial charge < -0.3 is 14.6 Å². The molecule has 0 saturated heterocycles. The predicted octanol–water partition coefficient (Wildman–Crippen LogP) is 4.61. The van der Waals surface area contributed by atoms with Crippen LogP contribution in [-0.2, 0) is 4.84 Å². The Hall–Kier alpha value is -1.98. The molecule has 0 saturated carbocycles. The van der Waals surface area contributed by atoms with Crippen LogP contribution >= 0.6 is 11.8 Å². The first-order valence-electron chi connectivity index (χ1n) is 8.51. The van der Waals surface area contributed by atoms with Gasteiger partial charge in [0.05, 0.1) is 17.1 Å². The van der Waals surface area contributed by atoms with Gasteiger partial charge in [0, 0.05) is 21.9 Å². The summed E-state index contributed by atoms with van der Waals surface area (Å²) < 4.78 is 0. The van der Waals surface area contributed by atoms with Crippen molar-refractivity contribution in [3.8, 4) is 0 Å². The largest absolute Gasteiger partial charge is 0.399 e. The van der Waals surface area contributed by atoms with E-state index in [2.05, 4.69) is 71.5 Å². The lowest BCUT2D eigenvalue weighted by molar-refractivity contribution is 0.213. The Morgan fingerprint density at radius 3 is 2.64 bits per heavy atom. The van der Waals surface area contributed by atoms with E-state index in [4.69, 9.17) is 4.84 Å². The molecule has 0 aromatic heterocycles. The van der Waals surface area contributed by atoms with E-state index in [0.29, 0.717) is 0 Å². The molecule has 25 heavy (non-hydrogen) atoms. The Bertz CT molecular complexity index is 773. The molecule has 1 heterocycles. The summed E-state index contributed by atoms with van der Waals surface area (Å²) in [6.07, 6.45) is 1.11. The summed E-state index contributed by atoms with van der Waals surface area (Å²) in [5.74, 6) is 0. The normalized spacial score (nSPS) is 13.6. The Labute approximate surface area is 154 Å². The second-order valence-corrected chi connectivity index (χ2v) is 7.50. The van der Waals surface area contributed by atoms with Gasteiger partial charge in [-0.15, -0.1) is 0 Å². The monoisotopic (exact) mass is 355 g/mol. The second kappa shape index (κ2) is 7.93. The van der Waals surface area contributed by atoms with E-state index in [9.17, 15) is 0 Å². The summed E-state index contributed by atoms with van der Waals surface area (Å²) in [7, 11) is 5.83. The minimum atomic E-state index is 0.891. The number of benzene rings is 2. The maximum atomic E-state index is 4.94. The van der Waals surface area contributed by atoms with Gasteiger partial charge in [-0.25, -0.2) is 0 Å². The first-order chi connectivity index (χ1) is 12.1. The minimum absolute atomic E-state index is 0.891. The van der Waals surface area contributed by atoms with Crippen LogP contribution in [0.1, 0.15) is 18.9 Å². The molecular weight excluding hydrogens is 330 g/mol. The molecule has 0 spiro atoms. The van der Waals surface area contributed by atoms with E-state index in [1.165, 1.54) is 21.2 Å². The van der Waals surface area contributed by atoms with E-state index >= 15 is 0 Å². The van der Waals surface area contributed by atoms with Gasteiger partial charge in [0.15, 0.2) is 0 Å². The summed E-state index contributed by atoms with van der Waals surface area (Å²) in [6, 6.07) is 15.2. The topological polar surface area (TPSA) is 28.1 Å². The van der Waals surface area contributed by atoms with Gasteiger partial charge in [-0.1, -0.05) is 35.1 Å². The standard InChI is InChI=1S/C20H25N3OS/c1-15(21-24-4)16-10-11-20-18(14-16)23(13-7-12-22(2)3)17-8-5-6-9-19(17)25-20/h5-6,8-11,14H,7,12-13H2,1-4H3/b21-15+. The van der Waals surface area contributed by atoms with Crippen LogP contribution in [0.2, 0.25) is 0 Å². The summed E-state index contributed by atoms with van der Waals surface area (Å²) in [5, 5.41) is 4.08. The quantitative estimate of drug-likeness (QED) is 0.559. The van der Waals surface area contributed by atoms with Crippen LogP contribution in [0.4, 0.5) is 11.4 Å². The SMILES string of the molecule is CO/N=C(\C)c1ccc2c(c1)N(CCCN(C)C)c1ccccc1S2. The number of para-hydroxylation sites is 1. The lowest BCUT2D eigenvalue weighted by Gasteiger charge is -2.33. The minimum Gasteiger partial charge on any atom is -0.399 e. The lowest BCUT2D eigenvalue weighted by Crippen LogP contribution is -2.25. The number of oxime groups is 1. The molecule has 0 amide bonds. The summed E-state index contributed by atoms with van der Waals surface area (Å²) >= 11 is 1.84. The van der Waals surface area contributed by atoms with E-state index in [1.54, 1.807) is 7.11 Å². The van der Waals surface area contributed by atoms with E-state index in [0.717, 1.165) is 30.8 Å². The molecule has 0 fully saturated rings. The van der Waals surface area contributed by atoms with Crippen LogP contribution in [0.25, 0.3) is 0 Å². The summed E-state index contributed by atoms with van der Waals surface area (Å²) in [5.41, 5.74) is 4.53. The zero-order valence-electron chi connectivity index (χ0n) is 15.3. The molecule has 132 valence electrons. The average molecular weight is 356 g/mol. The van der Waals surface area contributed by atoms with Crippen LogP contribution in [-0.4, -0.2) is 44.9 Å². The highest BCUT2D eigenvalue weighted by Gasteiger charge is 2.23. The Balaban J connectivity index is 1.98. The number of anilines is 2. The van der Waals surface area contributed by atoms with Crippen molar-refractivity contribution in [2.45, 2.75) is 23.1 Å². The Morgan fingerprint density at radius 2 is 1.88 bits per heavy atom. The molecule has 1 aliphatic rings. The van der Waals surface area contributed by atoms with E-state index < -0.39 is 0 Å². The van der Waals surface area contributed by atoms with Gasteiger partial charge in [0.1, 0.15) is 7.11 Å². The van der Waals surface area contributed by atoms with Crippen molar-refractivity contribution in [3.05, 3.63) is 48.0 Å². The zero-order valence-corrected chi connectivity index (χ0v) is 16.1. The number of rotatable bonds is 6. The van der Waals surface area contributed by atoms with Crippen molar-refractivity contribution in [1.29, 1.82) is 0 Å². The van der Waals surface area contributed by atoms with Crippen LogP contribution in [0.15, 0.2) is 57.4 Å². The van der Waals surface area contributed by atoms with E-state index in [1.807, 2.05) is 18.7 Å². The van der Waals surface area contributed by atoms with Crippen LogP contribution in [0.3, 0.4) is 0 Å². The Morgan fingerprint density at radius 1 is 1.12 bits per heavy atom. The highest BCUT2D eigenvalue weighted by molar-refractivity contribution is 7.99. The van der Waals surface area contributed by atoms with Crippen molar-refractivity contribution in [3.63, 3.8) is 0 Å². The third-order valence-corrected chi connectivity index (χ3v) is 5.39. The van der Waals surface area contributed by atoms with E-state index in [-0.39, 0.29) is 0 Å². The Kier molecular flexibility index (Phi) is 5.66. The fourth-order valence-electron chi connectivity index (χ4n) is 3.03.